The number of nitrogens with one attached hydrogen (secondary N) is 2. The van der Waals surface area contributed by atoms with Gasteiger partial charge in [0.05, 0.1) is 5.56 Å². The fraction of sp³-hybridized carbons (Fsp3) is 0.364. The topological polar surface area (TPSA) is 105 Å². The first kappa shape index (κ1) is 23.7. The highest BCUT2D eigenvalue weighted by molar-refractivity contribution is 7.83. The molecule has 1 atom stereocenters. The maximum absolute atomic E-state index is 13.4. The van der Waals surface area contributed by atoms with Gasteiger partial charge in [0.2, 0.25) is 0 Å². The Morgan fingerprint density at radius 2 is 2.16 bits per heavy atom. The number of amides is 1. The van der Waals surface area contributed by atoms with Crippen LogP contribution in [0.15, 0.2) is 41.9 Å². The number of ether oxygens (including phenoxy) is 2. The van der Waals surface area contributed by atoms with Crippen molar-refractivity contribution in [3.63, 3.8) is 0 Å². The molecule has 32 heavy (non-hydrogen) atoms. The molecule has 2 aromatic rings. The molecule has 1 unspecified atom stereocenters. The lowest BCUT2D eigenvalue weighted by molar-refractivity contribution is 0.0786. The van der Waals surface area contributed by atoms with Crippen LogP contribution in [0.3, 0.4) is 0 Å². The lowest BCUT2D eigenvalue weighted by atomic mass is 10.0. The average molecular weight is 461 g/mol. The highest BCUT2D eigenvalue weighted by atomic mass is 32.2. The smallest absolute Gasteiger partial charge is 0.276 e. The molecular weight excluding hydrogens is 435 g/mol. The van der Waals surface area contributed by atoms with Crippen LogP contribution in [0, 0.1) is 23.1 Å². The Morgan fingerprint density at radius 3 is 2.81 bits per heavy atom. The predicted octanol–water partition coefficient (Wildman–Crippen LogP) is 2.89. The fourth-order valence-corrected chi connectivity index (χ4v) is 4.31. The van der Waals surface area contributed by atoms with E-state index in [2.05, 4.69) is 16.6 Å². The zero-order valence-electron chi connectivity index (χ0n) is 17.7. The van der Waals surface area contributed by atoms with Gasteiger partial charge in [-0.15, -0.1) is 6.58 Å². The van der Waals surface area contributed by atoms with Crippen molar-refractivity contribution in [1.82, 2.24) is 9.29 Å². The van der Waals surface area contributed by atoms with Gasteiger partial charge in [-0.05, 0) is 37.0 Å². The van der Waals surface area contributed by atoms with E-state index >= 15 is 0 Å². The van der Waals surface area contributed by atoms with Gasteiger partial charge in [-0.3, -0.25) is 4.79 Å². The van der Waals surface area contributed by atoms with Crippen molar-refractivity contribution in [2.24, 2.45) is 13.0 Å². The summed E-state index contributed by atoms with van der Waals surface area (Å²) in [6.45, 7) is 6.26. The number of fused-ring (bicyclic) bond motifs is 1. The lowest BCUT2D eigenvalue weighted by Crippen LogP contribution is -2.20. The molecule has 3 heterocycles. The van der Waals surface area contributed by atoms with E-state index in [-0.39, 0.29) is 29.3 Å². The van der Waals surface area contributed by atoms with E-state index in [0.717, 1.165) is 25.2 Å². The number of carbonyl (C=O) groups is 1. The normalized spacial score (nSPS) is 18.1. The van der Waals surface area contributed by atoms with E-state index in [1.165, 1.54) is 29.5 Å². The summed E-state index contributed by atoms with van der Waals surface area (Å²) in [5.41, 5.74) is 0.311. The molecule has 1 fully saturated rings. The molecule has 0 radical (unpaired) electrons. The number of nitriles is 1. The Bertz CT molecular complexity index is 1060. The highest BCUT2D eigenvalue weighted by Crippen LogP contribution is 2.30. The van der Waals surface area contributed by atoms with Crippen molar-refractivity contribution in [2.75, 3.05) is 31.7 Å². The van der Waals surface area contributed by atoms with Crippen molar-refractivity contribution in [1.29, 1.82) is 5.26 Å². The second kappa shape index (κ2) is 11.0. The molecule has 2 aliphatic heterocycles. The van der Waals surface area contributed by atoms with Crippen molar-refractivity contribution in [3.05, 3.63) is 54.1 Å². The minimum atomic E-state index is -1.46. The number of aryl methyl sites for hydroxylation is 1. The molecule has 170 valence electrons. The maximum Gasteiger partial charge on any atom is 0.276 e. The molecule has 4 rings (SSSR count). The fourth-order valence-electron chi connectivity index (χ4n) is 3.31. The first-order chi connectivity index (χ1) is 15.4. The summed E-state index contributed by atoms with van der Waals surface area (Å²) < 4.78 is 40.4. The Hall–Kier alpha value is -3.00. The Kier molecular flexibility index (Phi) is 8.16. The largest absolute Gasteiger partial charge is 0.488 e. The number of benzene rings is 1. The van der Waals surface area contributed by atoms with Gasteiger partial charge in [-0.2, -0.15) is 5.26 Å². The van der Waals surface area contributed by atoms with Crippen LogP contribution < -0.4 is 14.8 Å². The summed E-state index contributed by atoms with van der Waals surface area (Å²) in [6.07, 6.45) is 5.93. The summed E-state index contributed by atoms with van der Waals surface area (Å²) in [5.74, 6) is -0.189. The zero-order valence-corrected chi connectivity index (χ0v) is 18.5. The monoisotopic (exact) mass is 460 g/mol. The van der Waals surface area contributed by atoms with Gasteiger partial charge in [0, 0.05) is 38.7 Å². The number of anilines is 1. The second-order valence-electron chi connectivity index (χ2n) is 7.24. The molecule has 1 saturated heterocycles. The molecule has 2 N–H and O–H groups in total. The summed E-state index contributed by atoms with van der Waals surface area (Å²) >= 11 is 0. The first-order valence-corrected chi connectivity index (χ1v) is 11.3. The third kappa shape index (κ3) is 5.62. The number of allylic oxidation sites excluding steroid dienone is 1. The van der Waals surface area contributed by atoms with Crippen LogP contribution >= 0.6 is 0 Å². The number of hydrogen-bond acceptors (Lipinski definition) is 5. The summed E-state index contributed by atoms with van der Waals surface area (Å²) in [6, 6.07) is 5.42. The molecule has 1 aromatic heterocycles. The van der Waals surface area contributed by atoms with Gasteiger partial charge >= 0.3 is 0 Å². The number of nitrogens with zero attached hydrogens (tertiary/aromatic N) is 2. The molecule has 0 spiro atoms. The van der Waals surface area contributed by atoms with Crippen LogP contribution in [-0.2, 0) is 22.8 Å². The number of carbonyl (C=O) groups excluding carboxylic acids is 1. The van der Waals surface area contributed by atoms with Crippen LogP contribution in [0.2, 0.25) is 0 Å². The second-order valence-corrected chi connectivity index (χ2v) is 8.51. The standard InChI is InChI=1S/C15H13FN4O3S.C7H12O/c1-20-8-12-14(23-5-4-18-24(12)22)13(20)15(21)19-10-2-3-11(16)9(6-10)7-17;1-2-7-3-5-8-6-4-7/h2-3,6,8,18H,4-5H2,1H3,(H,19,21);2,7H,1,3-6H2. The number of rotatable bonds is 3. The first-order valence-electron chi connectivity index (χ1n) is 10.1. The van der Waals surface area contributed by atoms with Crippen molar-refractivity contribution < 1.29 is 22.9 Å². The van der Waals surface area contributed by atoms with Crippen LogP contribution in [-0.4, -0.2) is 41.0 Å². The minimum Gasteiger partial charge on any atom is -0.488 e. The number of aromatic nitrogens is 1. The zero-order chi connectivity index (χ0) is 23.1. The molecule has 0 saturated carbocycles. The number of hydrogen-bond donors (Lipinski definition) is 2. The van der Waals surface area contributed by atoms with Crippen molar-refractivity contribution in [2.45, 2.75) is 17.7 Å². The van der Waals surface area contributed by atoms with Crippen LogP contribution in [0.25, 0.3) is 0 Å². The number of halogens is 1. The minimum absolute atomic E-state index is 0.167. The van der Waals surface area contributed by atoms with E-state index in [0.29, 0.717) is 11.4 Å². The average Bonchev–Trinajstić information content (AvgIpc) is 3.04. The molecule has 8 nitrogen and oxygen atoms in total. The molecular formula is C22H25FN4O4S. The molecule has 0 bridgehead atoms. The van der Waals surface area contributed by atoms with Gasteiger partial charge in [-0.1, -0.05) is 6.08 Å². The lowest BCUT2D eigenvalue weighted by Gasteiger charge is -2.17. The van der Waals surface area contributed by atoms with Gasteiger partial charge in [0.25, 0.3) is 5.91 Å². The highest BCUT2D eigenvalue weighted by Gasteiger charge is 2.27. The molecule has 0 aliphatic carbocycles. The SMILES string of the molecule is C=CC1CCOCC1.Cn1cc2c(c1C(=O)Nc1ccc(F)c(C#N)c1)OCCNS2=O. The van der Waals surface area contributed by atoms with Gasteiger partial charge in [-0.25, -0.2) is 13.3 Å². The van der Waals surface area contributed by atoms with E-state index in [4.69, 9.17) is 14.7 Å². The summed E-state index contributed by atoms with van der Waals surface area (Å²) in [4.78, 5) is 12.9. The van der Waals surface area contributed by atoms with Gasteiger partial charge < -0.3 is 19.4 Å². The quantitative estimate of drug-likeness (QED) is 0.686. The van der Waals surface area contributed by atoms with Crippen LogP contribution in [0.1, 0.15) is 28.9 Å². The van der Waals surface area contributed by atoms with E-state index in [1.54, 1.807) is 19.3 Å². The van der Waals surface area contributed by atoms with E-state index in [1.807, 2.05) is 6.08 Å². The van der Waals surface area contributed by atoms with Crippen molar-refractivity contribution in [3.8, 4) is 11.8 Å². The third-order valence-corrected chi connectivity index (χ3v) is 6.20. The molecule has 1 amide bonds. The van der Waals surface area contributed by atoms with E-state index < -0.39 is 22.7 Å². The summed E-state index contributed by atoms with van der Waals surface area (Å²) in [5, 5.41) is 11.5. The molecule has 10 heteroatoms. The molecule has 2 aliphatic rings. The van der Waals surface area contributed by atoms with E-state index in [9.17, 15) is 13.4 Å². The third-order valence-electron chi connectivity index (χ3n) is 5.04. The molecule has 1 aromatic carbocycles. The van der Waals surface area contributed by atoms with Gasteiger partial charge in [0.1, 0.15) is 34.4 Å². The van der Waals surface area contributed by atoms with Crippen molar-refractivity contribution >= 4 is 22.6 Å². The Morgan fingerprint density at radius 1 is 1.41 bits per heavy atom. The Balaban J connectivity index is 0.000000305. The van der Waals surface area contributed by atoms with Gasteiger partial charge in [0.15, 0.2) is 11.4 Å². The van der Waals surface area contributed by atoms with Crippen LogP contribution in [0.4, 0.5) is 10.1 Å². The van der Waals surface area contributed by atoms with Crippen LogP contribution in [0.5, 0.6) is 5.75 Å². The Labute approximate surface area is 188 Å². The predicted molar refractivity (Wildman–Crippen MR) is 118 cm³/mol. The maximum atomic E-state index is 13.4. The summed E-state index contributed by atoms with van der Waals surface area (Å²) in [7, 11) is 0.173.